The van der Waals surface area contributed by atoms with Crippen LogP contribution >= 0.6 is 0 Å². The first-order valence-electron chi connectivity index (χ1n) is 8.46. The van der Waals surface area contributed by atoms with Crippen molar-refractivity contribution in [2.75, 3.05) is 34.9 Å². The van der Waals surface area contributed by atoms with Crippen molar-refractivity contribution >= 4 is 22.1 Å². The van der Waals surface area contributed by atoms with Crippen molar-refractivity contribution in [2.24, 2.45) is 5.10 Å². The maximum Gasteiger partial charge on any atom is 0.255 e. The summed E-state index contributed by atoms with van der Waals surface area (Å²) in [5.41, 5.74) is 2.92. The van der Waals surface area contributed by atoms with Crippen LogP contribution in [0.3, 0.4) is 0 Å². The van der Waals surface area contributed by atoms with E-state index in [1.807, 2.05) is 0 Å². The van der Waals surface area contributed by atoms with Crippen molar-refractivity contribution in [3.05, 3.63) is 48.0 Å². The molecule has 0 aliphatic carbocycles. The molecular weight excluding hydrogens is 398 g/mol. The Bertz CT molecular complexity index is 974. The minimum Gasteiger partial charge on any atom is -0.497 e. The molecule has 156 valence electrons. The number of methoxy groups -OCH3 is 3. The van der Waals surface area contributed by atoms with Crippen LogP contribution in [0.5, 0.6) is 17.2 Å². The lowest BCUT2D eigenvalue weighted by atomic mass is 10.2. The van der Waals surface area contributed by atoms with Gasteiger partial charge in [0.15, 0.2) is 0 Å². The van der Waals surface area contributed by atoms with Gasteiger partial charge < -0.3 is 14.2 Å². The van der Waals surface area contributed by atoms with Gasteiger partial charge in [0.05, 0.1) is 39.0 Å². The van der Waals surface area contributed by atoms with Gasteiger partial charge in [0.2, 0.25) is 10.0 Å². The summed E-state index contributed by atoms with van der Waals surface area (Å²) in [5, 5.41) is 3.85. The quantitative estimate of drug-likeness (QED) is 0.486. The zero-order chi connectivity index (χ0) is 21.4. The molecule has 0 bridgehead atoms. The number of ether oxygens (including phenoxy) is 3. The second-order valence-electron chi connectivity index (χ2n) is 5.84. The summed E-state index contributed by atoms with van der Waals surface area (Å²) in [4.78, 5) is 12.1. The molecule has 29 heavy (non-hydrogen) atoms. The van der Waals surface area contributed by atoms with Crippen molar-refractivity contribution in [3.63, 3.8) is 0 Å². The van der Waals surface area contributed by atoms with Crippen molar-refractivity contribution in [1.82, 2.24) is 9.73 Å². The van der Waals surface area contributed by atoms with Crippen LogP contribution in [0.15, 0.2) is 52.5 Å². The molecule has 0 atom stereocenters. The molecule has 0 unspecified atom stereocenters. The standard InChI is InChI=1S/C19H23N3O6S/c1-22(29(24,25)17-9-7-15(26-2)8-10-17)13-19(23)21-20-12-14-5-6-16(27-3)11-18(14)28-4/h5-12H,13H2,1-4H3,(H,21,23)/b20-12-. The molecule has 2 aromatic rings. The summed E-state index contributed by atoms with van der Waals surface area (Å²) >= 11 is 0. The second-order valence-corrected chi connectivity index (χ2v) is 7.88. The first-order chi connectivity index (χ1) is 13.8. The van der Waals surface area contributed by atoms with Gasteiger partial charge in [-0.15, -0.1) is 0 Å². The van der Waals surface area contributed by atoms with Crippen molar-refractivity contribution in [3.8, 4) is 17.2 Å². The van der Waals surface area contributed by atoms with Gasteiger partial charge >= 0.3 is 0 Å². The average molecular weight is 421 g/mol. The molecule has 0 saturated carbocycles. The number of nitrogens with one attached hydrogen (secondary N) is 1. The molecule has 0 aliphatic rings. The Labute approximate surface area is 169 Å². The van der Waals surface area contributed by atoms with Crippen molar-refractivity contribution in [2.45, 2.75) is 4.90 Å². The predicted octanol–water partition coefficient (Wildman–Crippen LogP) is 1.48. The highest BCUT2D eigenvalue weighted by atomic mass is 32.2. The number of benzene rings is 2. The van der Waals surface area contributed by atoms with E-state index in [9.17, 15) is 13.2 Å². The number of carbonyl (C=O) groups is 1. The monoisotopic (exact) mass is 421 g/mol. The Morgan fingerprint density at radius 2 is 1.66 bits per heavy atom. The van der Waals surface area contributed by atoms with E-state index in [1.165, 1.54) is 51.7 Å². The molecule has 0 heterocycles. The summed E-state index contributed by atoms with van der Waals surface area (Å²) in [6, 6.07) is 11.0. The van der Waals surface area contributed by atoms with Crippen LogP contribution in [0, 0.1) is 0 Å². The summed E-state index contributed by atoms with van der Waals surface area (Å²) in [6.45, 7) is -0.397. The third-order valence-electron chi connectivity index (χ3n) is 3.97. The van der Waals surface area contributed by atoms with E-state index >= 15 is 0 Å². The second kappa shape index (κ2) is 9.89. The Hall–Kier alpha value is -3.11. The first kappa shape index (κ1) is 22.2. The van der Waals surface area contributed by atoms with E-state index in [0.717, 1.165) is 4.31 Å². The molecule has 1 N–H and O–H groups in total. The highest BCUT2D eigenvalue weighted by Crippen LogP contribution is 2.23. The molecule has 10 heteroatoms. The number of hydrogen-bond acceptors (Lipinski definition) is 7. The lowest BCUT2D eigenvalue weighted by molar-refractivity contribution is -0.121. The van der Waals surface area contributed by atoms with Crippen LogP contribution in [0.4, 0.5) is 0 Å². The van der Waals surface area contributed by atoms with Gasteiger partial charge in [0, 0.05) is 18.7 Å². The fourth-order valence-corrected chi connectivity index (χ4v) is 3.48. The third-order valence-corrected chi connectivity index (χ3v) is 5.79. The summed E-state index contributed by atoms with van der Waals surface area (Å²) in [5.74, 6) is 1.08. The Morgan fingerprint density at radius 1 is 1.03 bits per heavy atom. The number of nitrogens with zero attached hydrogens (tertiary/aromatic N) is 2. The Balaban J connectivity index is 2.00. The summed E-state index contributed by atoms with van der Waals surface area (Å²) in [7, 11) is 2.02. The van der Waals surface area contributed by atoms with Crippen LogP contribution in [0.25, 0.3) is 0 Å². The minimum atomic E-state index is -3.82. The normalized spacial score (nSPS) is 11.5. The molecule has 0 aliphatic heterocycles. The van der Waals surface area contributed by atoms with E-state index in [1.54, 1.807) is 25.3 Å². The SMILES string of the molecule is COc1ccc(S(=O)(=O)N(C)CC(=O)N/N=C\c2ccc(OC)cc2OC)cc1. The summed E-state index contributed by atoms with van der Waals surface area (Å²) < 4.78 is 41.4. The Morgan fingerprint density at radius 3 is 2.24 bits per heavy atom. The zero-order valence-electron chi connectivity index (χ0n) is 16.6. The van der Waals surface area contributed by atoms with Crippen LogP contribution < -0.4 is 19.6 Å². The van der Waals surface area contributed by atoms with Gasteiger partial charge in [-0.3, -0.25) is 4.79 Å². The van der Waals surface area contributed by atoms with Gasteiger partial charge in [-0.25, -0.2) is 13.8 Å². The van der Waals surface area contributed by atoms with E-state index in [0.29, 0.717) is 22.8 Å². The van der Waals surface area contributed by atoms with E-state index in [4.69, 9.17) is 14.2 Å². The van der Waals surface area contributed by atoms with Crippen LogP contribution in [0.2, 0.25) is 0 Å². The molecular formula is C19H23N3O6S. The number of likely N-dealkylation sites (N-methyl/N-ethyl adjacent to an activating group) is 1. The molecule has 1 amide bonds. The lowest BCUT2D eigenvalue weighted by Gasteiger charge is -2.16. The van der Waals surface area contributed by atoms with Gasteiger partial charge in [-0.1, -0.05) is 0 Å². The molecule has 2 rings (SSSR count). The third kappa shape index (κ3) is 5.69. The van der Waals surface area contributed by atoms with Crippen molar-refractivity contribution in [1.29, 1.82) is 0 Å². The number of sulfonamides is 1. The van der Waals surface area contributed by atoms with Crippen molar-refractivity contribution < 1.29 is 27.4 Å². The number of amides is 1. The molecule has 2 aromatic carbocycles. The fraction of sp³-hybridized carbons (Fsp3) is 0.263. The number of carbonyl (C=O) groups excluding carboxylic acids is 1. The molecule has 0 radical (unpaired) electrons. The molecule has 0 saturated heterocycles. The number of hydrogen-bond donors (Lipinski definition) is 1. The number of rotatable bonds is 9. The lowest BCUT2D eigenvalue weighted by Crippen LogP contribution is -2.36. The maximum atomic E-state index is 12.5. The first-order valence-corrected chi connectivity index (χ1v) is 9.90. The molecule has 0 fully saturated rings. The topological polar surface area (TPSA) is 107 Å². The van der Waals surface area contributed by atoms with Gasteiger partial charge in [0.1, 0.15) is 17.2 Å². The molecule has 0 spiro atoms. The van der Waals surface area contributed by atoms with Crippen LogP contribution in [-0.2, 0) is 14.8 Å². The van der Waals surface area contributed by atoms with Gasteiger partial charge in [-0.05, 0) is 36.4 Å². The van der Waals surface area contributed by atoms with E-state index in [2.05, 4.69) is 10.5 Å². The summed E-state index contributed by atoms with van der Waals surface area (Å²) in [6.07, 6.45) is 1.40. The fourth-order valence-electron chi connectivity index (χ4n) is 2.35. The van der Waals surface area contributed by atoms with Gasteiger partial charge in [0.25, 0.3) is 5.91 Å². The highest BCUT2D eigenvalue weighted by molar-refractivity contribution is 7.89. The average Bonchev–Trinajstić information content (AvgIpc) is 2.73. The highest BCUT2D eigenvalue weighted by Gasteiger charge is 2.22. The maximum absolute atomic E-state index is 12.5. The minimum absolute atomic E-state index is 0.0556. The van der Waals surface area contributed by atoms with Crippen LogP contribution in [-0.4, -0.2) is 59.8 Å². The van der Waals surface area contributed by atoms with Crippen LogP contribution in [0.1, 0.15) is 5.56 Å². The predicted molar refractivity (Wildman–Crippen MR) is 108 cm³/mol. The Kier molecular flexibility index (Phi) is 7.57. The smallest absolute Gasteiger partial charge is 0.255 e. The van der Waals surface area contributed by atoms with Gasteiger partial charge in [-0.2, -0.15) is 9.41 Å². The largest absolute Gasteiger partial charge is 0.497 e. The number of hydrazone groups is 1. The zero-order valence-corrected chi connectivity index (χ0v) is 17.4. The molecule has 9 nitrogen and oxygen atoms in total. The molecule has 0 aromatic heterocycles. The van der Waals surface area contributed by atoms with E-state index in [-0.39, 0.29) is 4.90 Å². The van der Waals surface area contributed by atoms with E-state index < -0.39 is 22.5 Å².